The van der Waals surface area contributed by atoms with E-state index in [9.17, 15) is 4.79 Å². The molecule has 0 spiro atoms. The minimum Gasteiger partial charge on any atom is -0.303 e. The van der Waals surface area contributed by atoms with E-state index in [0.29, 0.717) is 5.92 Å². The van der Waals surface area contributed by atoms with E-state index < -0.39 is 0 Å². The van der Waals surface area contributed by atoms with Crippen LogP contribution in [0.4, 0.5) is 0 Å². The normalized spacial score (nSPS) is 39.2. The third kappa shape index (κ3) is 2.01. The molecule has 0 aromatic heterocycles. The highest BCUT2D eigenvalue weighted by Crippen LogP contribution is 2.38. The summed E-state index contributed by atoms with van der Waals surface area (Å²) >= 11 is 0. The van der Waals surface area contributed by atoms with Crippen molar-refractivity contribution in [3.63, 3.8) is 0 Å². The molecule has 2 rings (SSSR count). The Labute approximate surface area is 80.2 Å². The SMILES string of the molecule is O=CC1CCCC2CC=CCC2C1. The quantitative estimate of drug-likeness (QED) is 0.445. The Morgan fingerprint density at radius 3 is 2.62 bits per heavy atom. The molecule has 0 aromatic carbocycles. The number of allylic oxidation sites excluding steroid dienone is 2. The lowest BCUT2D eigenvalue weighted by molar-refractivity contribution is -0.111. The molecule has 72 valence electrons. The summed E-state index contributed by atoms with van der Waals surface area (Å²) in [4.78, 5) is 10.8. The van der Waals surface area contributed by atoms with Crippen LogP contribution < -0.4 is 0 Å². The molecule has 1 fully saturated rings. The summed E-state index contributed by atoms with van der Waals surface area (Å²) in [5, 5.41) is 0. The third-order valence-electron chi connectivity index (χ3n) is 3.66. The van der Waals surface area contributed by atoms with Crippen LogP contribution in [0.5, 0.6) is 0 Å². The van der Waals surface area contributed by atoms with Crippen molar-refractivity contribution in [1.29, 1.82) is 0 Å². The van der Waals surface area contributed by atoms with E-state index in [1.54, 1.807) is 0 Å². The highest BCUT2D eigenvalue weighted by atomic mass is 16.1. The minimum atomic E-state index is 0.363. The number of carbonyl (C=O) groups excluding carboxylic acids is 1. The van der Waals surface area contributed by atoms with Crippen molar-refractivity contribution in [3.8, 4) is 0 Å². The molecule has 1 nitrogen and oxygen atoms in total. The first-order chi connectivity index (χ1) is 6.40. The Hall–Kier alpha value is -0.590. The van der Waals surface area contributed by atoms with Gasteiger partial charge in [0.2, 0.25) is 0 Å². The predicted octanol–water partition coefficient (Wildman–Crippen LogP) is 2.96. The summed E-state index contributed by atoms with van der Waals surface area (Å²) in [6, 6.07) is 0. The van der Waals surface area contributed by atoms with Gasteiger partial charge in [0.25, 0.3) is 0 Å². The maximum absolute atomic E-state index is 10.8. The molecular formula is C12H18O. The Kier molecular flexibility index (Phi) is 2.82. The molecule has 1 saturated carbocycles. The van der Waals surface area contributed by atoms with Crippen LogP contribution >= 0.6 is 0 Å². The van der Waals surface area contributed by atoms with E-state index in [1.807, 2.05) is 0 Å². The summed E-state index contributed by atoms with van der Waals surface area (Å²) in [6.45, 7) is 0. The first-order valence-corrected chi connectivity index (χ1v) is 5.50. The molecule has 0 radical (unpaired) electrons. The van der Waals surface area contributed by atoms with Crippen molar-refractivity contribution in [2.45, 2.75) is 38.5 Å². The predicted molar refractivity (Wildman–Crippen MR) is 53.4 cm³/mol. The summed E-state index contributed by atoms with van der Waals surface area (Å²) in [5.74, 6) is 2.05. The summed E-state index contributed by atoms with van der Waals surface area (Å²) < 4.78 is 0. The number of carbonyl (C=O) groups is 1. The van der Waals surface area contributed by atoms with Crippen LogP contribution in [-0.2, 0) is 4.79 Å². The third-order valence-corrected chi connectivity index (χ3v) is 3.66. The lowest BCUT2D eigenvalue weighted by Crippen LogP contribution is -2.17. The molecular weight excluding hydrogens is 160 g/mol. The molecule has 0 amide bonds. The largest absolute Gasteiger partial charge is 0.303 e. The first-order valence-electron chi connectivity index (χ1n) is 5.50. The number of hydrogen-bond acceptors (Lipinski definition) is 1. The zero-order valence-corrected chi connectivity index (χ0v) is 8.11. The topological polar surface area (TPSA) is 17.1 Å². The van der Waals surface area contributed by atoms with Gasteiger partial charge in [0.15, 0.2) is 0 Å². The molecule has 13 heavy (non-hydrogen) atoms. The van der Waals surface area contributed by atoms with Crippen molar-refractivity contribution >= 4 is 6.29 Å². The van der Waals surface area contributed by atoms with Gasteiger partial charge in [-0.25, -0.2) is 0 Å². The smallest absolute Gasteiger partial charge is 0.123 e. The van der Waals surface area contributed by atoms with Gasteiger partial charge in [-0.05, 0) is 43.9 Å². The second kappa shape index (κ2) is 4.08. The fourth-order valence-corrected chi connectivity index (χ4v) is 2.84. The van der Waals surface area contributed by atoms with E-state index >= 15 is 0 Å². The van der Waals surface area contributed by atoms with Crippen molar-refractivity contribution in [2.75, 3.05) is 0 Å². The molecule has 3 unspecified atom stereocenters. The van der Waals surface area contributed by atoms with Gasteiger partial charge in [0.1, 0.15) is 6.29 Å². The minimum absolute atomic E-state index is 0.363. The van der Waals surface area contributed by atoms with Crippen LogP contribution in [0.25, 0.3) is 0 Å². The average molecular weight is 178 g/mol. The molecule has 1 heteroatoms. The summed E-state index contributed by atoms with van der Waals surface area (Å²) in [7, 11) is 0. The molecule has 0 aromatic rings. The highest BCUT2D eigenvalue weighted by Gasteiger charge is 2.27. The molecule has 3 atom stereocenters. The maximum Gasteiger partial charge on any atom is 0.123 e. The maximum atomic E-state index is 10.8. The van der Waals surface area contributed by atoms with Crippen LogP contribution in [-0.4, -0.2) is 6.29 Å². The second-order valence-corrected chi connectivity index (χ2v) is 4.53. The Morgan fingerprint density at radius 1 is 1.08 bits per heavy atom. The van der Waals surface area contributed by atoms with Gasteiger partial charge >= 0.3 is 0 Å². The monoisotopic (exact) mass is 178 g/mol. The number of aldehydes is 1. The molecule has 0 saturated heterocycles. The number of hydrogen-bond donors (Lipinski definition) is 0. The van der Waals surface area contributed by atoms with Gasteiger partial charge < -0.3 is 4.79 Å². The lowest BCUT2D eigenvalue weighted by Gasteiger charge is -2.26. The van der Waals surface area contributed by atoms with Crippen LogP contribution in [0.15, 0.2) is 12.2 Å². The van der Waals surface area contributed by atoms with Gasteiger partial charge in [0, 0.05) is 5.92 Å². The molecule has 0 heterocycles. The molecule has 0 aliphatic heterocycles. The summed E-state index contributed by atoms with van der Waals surface area (Å²) in [6.07, 6.45) is 13.2. The summed E-state index contributed by atoms with van der Waals surface area (Å²) in [5.41, 5.74) is 0. The van der Waals surface area contributed by atoms with Crippen molar-refractivity contribution in [2.24, 2.45) is 17.8 Å². The second-order valence-electron chi connectivity index (χ2n) is 4.53. The van der Waals surface area contributed by atoms with Crippen molar-refractivity contribution < 1.29 is 4.79 Å². The van der Waals surface area contributed by atoms with Crippen LogP contribution in [0.2, 0.25) is 0 Å². The molecule has 0 N–H and O–H groups in total. The zero-order valence-electron chi connectivity index (χ0n) is 8.11. The van der Waals surface area contributed by atoms with E-state index in [4.69, 9.17) is 0 Å². The van der Waals surface area contributed by atoms with Gasteiger partial charge in [-0.2, -0.15) is 0 Å². The van der Waals surface area contributed by atoms with Crippen molar-refractivity contribution in [1.82, 2.24) is 0 Å². The van der Waals surface area contributed by atoms with E-state index in [1.165, 1.54) is 32.0 Å². The van der Waals surface area contributed by atoms with E-state index in [-0.39, 0.29) is 0 Å². The van der Waals surface area contributed by atoms with Crippen molar-refractivity contribution in [3.05, 3.63) is 12.2 Å². The number of rotatable bonds is 1. The lowest BCUT2D eigenvalue weighted by atomic mass is 9.79. The first kappa shape index (κ1) is 8.98. The molecule has 2 aliphatic rings. The van der Waals surface area contributed by atoms with Crippen LogP contribution in [0.3, 0.4) is 0 Å². The molecule has 0 bridgehead atoms. The van der Waals surface area contributed by atoms with E-state index in [2.05, 4.69) is 12.2 Å². The van der Waals surface area contributed by atoms with Gasteiger partial charge in [-0.15, -0.1) is 0 Å². The fourth-order valence-electron chi connectivity index (χ4n) is 2.84. The van der Waals surface area contributed by atoms with Crippen LogP contribution in [0.1, 0.15) is 38.5 Å². The fraction of sp³-hybridized carbons (Fsp3) is 0.750. The van der Waals surface area contributed by atoms with Gasteiger partial charge in [-0.1, -0.05) is 18.6 Å². The van der Waals surface area contributed by atoms with Gasteiger partial charge in [0.05, 0.1) is 0 Å². The number of fused-ring (bicyclic) bond motifs is 1. The Bertz CT molecular complexity index is 207. The van der Waals surface area contributed by atoms with E-state index in [0.717, 1.165) is 24.7 Å². The standard InChI is InChI=1S/C12H18O/c13-9-10-4-3-7-11-5-1-2-6-12(11)8-10/h1-2,9-12H,3-8H2. The van der Waals surface area contributed by atoms with Gasteiger partial charge in [-0.3, -0.25) is 0 Å². The zero-order chi connectivity index (χ0) is 9.10. The highest BCUT2D eigenvalue weighted by molar-refractivity contribution is 5.53. The molecule has 2 aliphatic carbocycles. The Balaban J connectivity index is 2.03. The average Bonchev–Trinajstić information content (AvgIpc) is 2.38. The van der Waals surface area contributed by atoms with Crippen LogP contribution in [0, 0.1) is 17.8 Å². The Morgan fingerprint density at radius 2 is 1.85 bits per heavy atom.